The van der Waals surface area contributed by atoms with Crippen molar-refractivity contribution in [1.29, 1.82) is 0 Å². The first kappa shape index (κ1) is 17.0. The molecule has 1 atom stereocenters. The molecule has 1 unspecified atom stereocenters. The van der Waals surface area contributed by atoms with Crippen molar-refractivity contribution >= 4 is 23.3 Å². The van der Waals surface area contributed by atoms with E-state index < -0.39 is 18.0 Å². The molecule has 0 aromatic carbocycles. The third kappa shape index (κ3) is 2.56. The van der Waals surface area contributed by atoms with Gasteiger partial charge in [-0.15, -0.1) is 0 Å². The minimum absolute atomic E-state index is 0.0140. The van der Waals surface area contributed by atoms with Crippen molar-refractivity contribution in [2.24, 2.45) is 0 Å². The molecule has 132 valence electrons. The number of aliphatic carboxylic acids is 1. The van der Waals surface area contributed by atoms with E-state index in [9.17, 15) is 24.6 Å². The number of nitrogens with one attached hydrogen (secondary N) is 1. The third-order valence-electron chi connectivity index (χ3n) is 4.66. The molecule has 0 amide bonds. The van der Waals surface area contributed by atoms with Crippen LogP contribution in [0.15, 0.2) is 17.4 Å². The highest BCUT2D eigenvalue weighted by atomic mass is 16.5. The SMILES string of the molecule is CCCC1=C2CC(C(=O)O)=COC2C(=O)c2c1[nH]c(C(=O)O)c2CC. The van der Waals surface area contributed by atoms with E-state index in [2.05, 4.69) is 4.98 Å². The average molecular weight is 345 g/mol. The second kappa shape index (κ2) is 6.23. The molecule has 0 bridgehead atoms. The van der Waals surface area contributed by atoms with Gasteiger partial charge >= 0.3 is 11.9 Å². The van der Waals surface area contributed by atoms with E-state index in [0.717, 1.165) is 18.3 Å². The van der Waals surface area contributed by atoms with Gasteiger partial charge in [-0.2, -0.15) is 0 Å². The number of aromatic carboxylic acids is 1. The molecule has 7 heteroatoms. The number of allylic oxidation sites excluding steroid dienone is 1. The minimum atomic E-state index is -1.12. The second-order valence-electron chi connectivity index (χ2n) is 6.15. The molecule has 1 aromatic heterocycles. The van der Waals surface area contributed by atoms with E-state index in [1.54, 1.807) is 6.92 Å². The zero-order valence-electron chi connectivity index (χ0n) is 14.0. The second-order valence-corrected chi connectivity index (χ2v) is 6.15. The first-order chi connectivity index (χ1) is 11.9. The fourth-order valence-electron chi connectivity index (χ4n) is 3.58. The van der Waals surface area contributed by atoms with Gasteiger partial charge in [-0.3, -0.25) is 4.79 Å². The van der Waals surface area contributed by atoms with Crippen molar-refractivity contribution in [3.05, 3.63) is 39.9 Å². The fraction of sp³-hybridized carbons (Fsp3) is 0.389. The van der Waals surface area contributed by atoms with Crippen LogP contribution in [-0.4, -0.2) is 39.0 Å². The van der Waals surface area contributed by atoms with Crippen LogP contribution in [0.3, 0.4) is 0 Å². The summed E-state index contributed by atoms with van der Waals surface area (Å²) in [5.41, 5.74) is 2.83. The number of carbonyl (C=O) groups excluding carboxylic acids is 1. The molecule has 1 aliphatic carbocycles. The van der Waals surface area contributed by atoms with Gasteiger partial charge in [0.25, 0.3) is 0 Å². The van der Waals surface area contributed by atoms with Gasteiger partial charge in [-0.05, 0) is 29.6 Å². The van der Waals surface area contributed by atoms with Crippen molar-refractivity contribution in [3.63, 3.8) is 0 Å². The predicted molar refractivity (Wildman–Crippen MR) is 88.5 cm³/mol. The average Bonchev–Trinajstić information content (AvgIpc) is 2.98. The monoisotopic (exact) mass is 345 g/mol. The number of ether oxygens (including phenoxy) is 1. The summed E-state index contributed by atoms with van der Waals surface area (Å²) in [4.78, 5) is 38.7. The maximum absolute atomic E-state index is 12.9. The van der Waals surface area contributed by atoms with Gasteiger partial charge in [-0.25, -0.2) is 9.59 Å². The van der Waals surface area contributed by atoms with Gasteiger partial charge in [0.2, 0.25) is 5.78 Å². The first-order valence-corrected chi connectivity index (χ1v) is 8.23. The number of carboxylic acid groups (broad SMARTS) is 2. The summed E-state index contributed by atoms with van der Waals surface area (Å²) >= 11 is 0. The lowest BCUT2D eigenvalue weighted by atomic mass is 9.80. The van der Waals surface area contributed by atoms with Crippen molar-refractivity contribution in [3.8, 4) is 0 Å². The zero-order valence-corrected chi connectivity index (χ0v) is 14.0. The minimum Gasteiger partial charge on any atom is -0.485 e. The maximum Gasteiger partial charge on any atom is 0.352 e. The van der Waals surface area contributed by atoms with Crippen LogP contribution >= 0.6 is 0 Å². The van der Waals surface area contributed by atoms with E-state index in [0.29, 0.717) is 35.2 Å². The topological polar surface area (TPSA) is 117 Å². The summed E-state index contributed by atoms with van der Waals surface area (Å²) in [7, 11) is 0. The van der Waals surface area contributed by atoms with Crippen LogP contribution < -0.4 is 0 Å². The molecule has 1 aromatic rings. The number of hydrogen-bond acceptors (Lipinski definition) is 4. The van der Waals surface area contributed by atoms with E-state index in [4.69, 9.17) is 4.74 Å². The van der Waals surface area contributed by atoms with Crippen LogP contribution in [0.4, 0.5) is 0 Å². The molecule has 0 spiro atoms. The van der Waals surface area contributed by atoms with E-state index in [1.165, 1.54) is 0 Å². The summed E-state index contributed by atoms with van der Waals surface area (Å²) < 4.78 is 5.46. The van der Waals surface area contributed by atoms with Gasteiger partial charge in [-0.1, -0.05) is 20.3 Å². The molecule has 0 fully saturated rings. The van der Waals surface area contributed by atoms with Crippen molar-refractivity contribution < 1.29 is 29.3 Å². The highest BCUT2D eigenvalue weighted by molar-refractivity contribution is 6.12. The smallest absolute Gasteiger partial charge is 0.352 e. The zero-order chi connectivity index (χ0) is 18.3. The molecule has 2 aliphatic rings. The first-order valence-electron chi connectivity index (χ1n) is 8.23. The number of H-pyrrole nitrogens is 1. The van der Waals surface area contributed by atoms with Crippen LogP contribution in [0.5, 0.6) is 0 Å². The van der Waals surface area contributed by atoms with Gasteiger partial charge in [0, 0.05) is 6.42 Å². The van der Waals surface area contributed by atoms with Gasteiger partial charge < -0.3 is 19.9 Å². The van der Waals surface area contributed by atoms with Gasteiger partial charge in [0.15, 0.2) is 6.10 Å². The predicted octanol–water partition coefficient (Wildman–Crippen LogP) is 2.78. The Morgan fingerprint density at radius 1 is 1.28 bits per heavy atom. The molecule has 0 radical (unpaired) electrons. The normalized spacial score (nSPS) is 19.0. The van der Waals surface area contributed by atoms with Crippen LogP contribution in [0.2, 0.25) is 0 Å². The number of carboxylic acids is 2. The molecule has 1 aliphatic heterocycles. The van der Waals surface area contributed by atoms with Crippen molar-refractivity contribution in [1.82, 2.24) is 4.98 Å². The molecule has 3 rings (SSSR count). The van der Waals surface area contributed by atoms with Crippen LogP contribution in [0.25, 0.3) is 5.57 Å². The van der Waals surface area contributed by atoms with Crippen LogP contribution in [0.1, 0.15) is 65.2 Å². The summed E-state index contributed by atoms with van der Waals surface area (Å²) in [6, 6.07) is 0. The van der Waals surface area contributed by atoms with Gasteiger partial charge in [0.05, 0.1) is 23.1 Å². The lowest BCUT2D eigenvalue weighted by molar-refractivity contribution is -0.133. The standard InChI is InChI=1S/C18H19NO6/c1-3-5-10-11-6-8(17(21)22)7-25-16(11)15(20)12-9(4-2)14(18(23)24)19-13(10)12/h7,16,19H,3-6H2,1-2H3,(H,21,22)(H,23,24). The molecule has 0 saturated carbocycles. The Kier molecular flexibility index (Phi) is 4.24. The van der Waals surface area contributed by atoms with E-state index in [1.807, 2.05) is 6.92 Å². The number of Topliss-reactive ketones (excluding diaryl/α,β-unsaturated/α-hetero) is 1. The van der Waals surface area contributed by atoms with Gasteiger partial charge in [0.1, 0.15) is 5.69 Å². The lowest BCUT2D eigenvalue weighted by Crippen LogP contribution is -2.34. The Hall–Kier alpha value is -2.83. The Morgan fingerprint density at radius 3 is 2.56 bits per heavy atom. The number of aromatic nitrogens is 1. The number of rotatable bonds is 5. The van der Waals surface area contributed by atoms with Crippen LogP contribution in [-0.2, 0) is 16.0 Å². The Labute approximate surface area is 144 Å². The fourth-order valence-corrected chi connectivity index (χ4v) is 3.58. The summed E-state index contributed by atoms with van der Waals surface area (Å²) in [6.07, 6.45) is 2.14. The summed E-state index contributed by atoms with van der Waals surface area (Å²) in [6.45, 7) is 3.77. The Morgan fingerprint density at radius 2 is 2.00 bits per heavy atom. The quantitative estimate of drug-likeness (QED) is 0.755. The Bertz CT molecular complexity index is 842. The number of aromatic amines is 1. The summed E-state index contributed by atoms with van der Waals surface area (Å²) in [5, 5.41) is 18.7. The molecular weight excluding hydrogens is 326 g/mol. The number of hydrogen-bond donors (Lipinski definition) is 3. The maximum atomic E-state index is 12.9. The molecule has 25 heavy (non-hydrogen) atoms. The van der Waals surface area contributed by atoms with Crippen molar-refractivity contribution in [2.45, 2.75) is 45.6 Å². The lowest BCUT2D eigenvalue weighted by Gasteiger charge is -2.31. The number of ketones is 1. The highest BCUT2D eigenvalue weighted by Gasteiger charge is 2.41. The molecule has 2 heterocycles. The largest absolute Gasteiger partial charge is 0.485 e. The Balaban J connectivity index is 2.24. The molecular formula is C18H19NO6. The number of carbonyl (C=O) groups is 3. The third-order valence-corrected chi connectivity index (χ3v) is 4.66. The molecule has 3 N–H and O–H groups in total. The van der Waals surface area contributed by atoms with E-state index >= 15 is 0 Å². The van der Waals surface area contributed by atoms with E-state index in [-0.39, 0.29) is 23.5 Å². The van der Waals surface area contributed by atoms with Crippen molar-refractivity contribution in [2.75, 3.05) is 0 Å². The highest BCUT2D eigenvalue weighted by Crippen LogP contribution is 2.42. The summed E-state index contributed by atoms with van der Waals surface area (Å²) in [5.74, 6) is -2.52. The molecule has 0 saturated heterocycles. The molecule has 7 nitrogen and oxygen atoms in total. The van der Waals surface area contributed by atoms with Crippen LogP contribution in [0, 0.1) is 0 Å². The number of fused-ring (bicyclic) bond motifs is 2.